The quantitative estimate of drug-likeness (QED) is 0.0261. The van der Waals surface area contributed by atoms with E-state index in [0.29, 0.717) is 19.3 Å². The number of allylic oxidation sites excluding steroid dienone is 10. The summed E-state index contributed by atoms with van der Waals surface area (Å²) in [6, 6.07) is 0. The lowest BCUT2D eigenvalue weighted by atomic mass is 10.0. The third kappa shape index (κ3) is 67.8. The minimum Gasteiger partial charge on any atom is -0.462 e. The normalized spacial score (nSPS) is 12.4. The summed E-state index contributed by atoms with van der Waals surface area (Å²) in [6.07, 6.45) is 89.6. The number of unbranched alkanes of at least 4 members (excludes halogenated alkanes) is 45. The first kappa shape index (κ1) is 78.1. The minimum absolute atomic E-state index is 0.0751. The first-order valence-electron chi connectivity index (χ1n) is 35.8. The SMILES string of the molecule is CC/C=C\C/C=C\C/C=C\C/C=C\C/C=C\CCCCCCCC(=O)OCC(COC(=O)CCCCCCCCCCCCCCCCCCCCCCC)OC(=O)CCCCCCCCCCCCCCCCCCCCCCC. The highest BCUT2D eigenvalue weighted by atomic mass is 16.6. The Balaban J connectivity index is 4.36. The van der Waals surface area contributed by atoms with E-state index in [1.807, 2.05) is 0 Å². The molecule has 0 saturated heterocycles. The summed E-state index contributed by atoms with van der Waals surface area (Å²) in [6.45, 7) is 6.59. The van der Waals surface area contributed by atoms with Gasteiger partial charge in [0.05, 0.1) is 0 Å². The molecule has 0 rings (SSSR count). The van der Waals surface area contributed by atoms with Gasteiger partial charge in [0.25, 0.3) is 0 Å². The predicted molar refractivity (Wildman–Crippen MR) is 353 cm³/mol. The molecule has 6 nitrogen and oxygen atoms in total. The van der Waals surface area contributed by atoms with E-state index >= 15 is 0 Å². The third-order valence-electron chi connectivity index (χ3n) is 16.0. The molecule has 0 aliphatic heterocycles. The monoisotopic (exact) mass is 1130 g/mol. The van der Waals surface area contributed by atoms with Crippen molar-refractivity contribution in [2.24, 2.45) is 0 Å². The number of hydrogen-bond donors (Lipinski definition) is 0. The van der Waals surface area contributed by atoms with Crippen LogP contribution in [0.25, 0.3) is 0 Å². The lowest BCUT2D eigenvalue weighted by Crippen LogP contribution is -2.30. The summed E-state index contributed by atoms with van der Waals surface area (Å²) in [5.41, 5.74) is 0. The molecule has 0 amide bonds. The Labute approximate surface area is 504 Å². The second-order valence-electron chi connectivity index (χ2n) is 24.1. The van der Waals surface area contributed by atoms with Gasteiger partial charge in [-0.25, -0.2) is 0 Å². The molecule has 0 aromatic carbocycles. The molecule has 0 radical (unpaired) electrons. The van der Waals surface area contributed by atoms with Crippen LogP contribution in [0.5, 0.6) is 0 Å². The van der Waals surface area contributed by atoms with Crippen molar-refractivity contribution in [1.82, 2.24) is 0 Å². The van der Waals surface area contributed by atoms with Crippen LogP contribution in [0.1, 0.15) is 380 Å². The van der Waals surface area contributed by atoms with Crippen molar-refractivity contribution in [2.75, 3.05) is 13.2 Å². The van der Waals surface area contributed by atoms with Crippen molar-refractivity contribution >= 4 is 17.9 Å². The highest BCUT2D eigenvalue weighted by Crippen LogP contribution is 2.19. The van der Waals surface area contributed by atoms with Crippen molar-refractivity contribution < 1.29 is 28.6 Å². The highest BCUT2D eigenvalue weighted by Gasteiger charge is 2.19. The molecule has 0 aromatic heterocycles. The molecule has 0 N–H and O–H groups in total. The van der Waals surface area contributed by atoms with Gasteiger partial charge in [0.2, 0.25) is 0 Å². The summed E-state index contributed by atoms with van der Waals surface area (Å²) in [5.74, 6) is -0.866. The van der Waals surface area contributed by atoms with Crippen LogP contribution in [0.3, 0.4) is 0 Å². The Bertz CT molecular complexity index is 1440. The third-order valence-corrected chi connectivity index (χ3v) is 16.0. The molecule has 0 fully saturated rings. The number of esters is 3. The number of carbonyl (C=O) groups excluding carboxylic acids is 3. The molecule has 0 heterocycles. The first-order chi connectivity index (χ1) is 40.0. The number of ether oxygens (including phenoxy) is 3. The average molecular weight is 1130 g/mol. The first-order valence-corrected chi connectivity index (χ1v) is 35.8. The summed E-state index contributed by atoms with van der Waals surface area (Å²) < 4.78 is 17.0. The molecule has 0 saturated carbocycles. The summed E-state index contributed by atoms with van der Waals surface area (Å²) in [5, 5.41) is 0. The van der Waals surface area contributed by atoms with E-state index in [2.05, 4.69) is 81.5 Å². The van der Waals surface area contributed by atoms with E-state index in [9.17, 15) is 14.4 Å². The van der Waals surface area contributed by atoms with Gasteiger partial charge < -0.3 is 14.2 Å². The maximum Gasteiger partial charge on any atom is 0.306 e. The van der Waals surface area contributed by atoms with Gasteiger partial charge in [-0.1, -0.05) is 358 Å². The molecular weight excluding hydrogens is 997 g/mol. The largest absolute Gasteiger partial charge is 0.462 e. The van der Waals surface area contributed by atoms with Crippen molar-refractivity contribution in [3.63, 3.8) is 0 Å². The van der Waals surface area contributed by atoms with Gasteiger partial charge in [-0.2, -0.15) is 0 Å². The lowest BCUT2D eigenvalue weighted by molar-refractivity contribution is -0.167. The van der Waals surface area contributed by atoms with Crippen molar-refractivity contribution in [3.05, 3.63) is 60.8 Å². The van der Waals surface area contributed by atoms with Crippen LogP contribution in [0.4, 0.5) is 0 Å². The van der Waals surface area contributed by atoms with Crippen LogP contribution in [-0.2, 0) is 28.6 Å². The van der Waals surface area contributed by atoms with Crippen molar-refractivity contribution in [1.29, 1.82) is 0 Å². The standard InChI is InChI=1S/C75H136O6/c1-4-7-10-13-16-19-22-25-28-31-34-37-40-43-46-49-52-55-58-61-64-67-73(76)79-70-72(81-75(78)69-66-63-60-57-54-51-48-45-42-39-36-33-30-27-24-21-18-15-12-9-6-3)71-80-74(77)68-65-62-59-56-53-50-47-44-41-38-35-32-29-26-23-20-17-14-11-8-5-2/h7,10,16,19,25,28,34,37,43,46,72H,4-6,8-9,11-15,17-18,20-24,26-27,29-33,35-36,38-42,44-45,47-71H2,1-3H3/b10-7-,19-16-,28-25-,37-34-,46-43-. The number of carbonyl (C=O) groups is 3. The molecule has 0 aromatic rings. The molecule has 0 bridgehead atoms. The molecule has 0 aliphatic rings. The zero-order valence-electron chi connectivity index (χ0n) is 54.3. The fraction of sp³-hybridized carbons (Fsp3) is 0.827. The van der Waals surface area contributed by atoms with E-state index < -0.39 is 6.10 Å². The Morgan fingerprint density at radius 3 is 0.753 bits per heavy atom. The van der Waals surface area contributed by atoms with Gasteiger partial charge in [0, 0.05) is 19.3 Å². The highest BCUT2D eigenvalue weighted by molar-refractivity contribution is 5.71. The molecule has 0 spiro atoms. The van der Waals surface area contributed by atoms with E-state index in [4.69, 9.17) is 14.2 Å². The summed E-state index contributed by atoms with van der Waals surface area (Å²) in [4.78, 5) is 38.5. The molecular formula is C75H136O6. The van der Waals surface area contributed by atoms with Crippen molar-refractivity contribution in [3.8, 4) is 0 Å². The fourth-order valence-corrected chi connectivity index (χ4v) is 10.7. The van der Waals surface area contributed by atoms with Crippen LogP contribution >= 0.6 is 0 Å². The second kappa shape index (κ2) is 69.6. The Morgan fingerprint density at radius 2 is 0.481 bits per heavy atom. The van der Waals surface area contributed by atoms with E-state index in [0.717, 1.165) is 109 Å². The van der Waals surface area contributed by atoms with E-state index in [1.165, 1.54) is 231 Å². The van der Waals surface area contributed by atoms with Crippen molar-refractivity contribution in [2.45, 2.75) is 386 Å². The van der Waals surface area contributed by atoms with E-state index in [1.54, 1.807) is 0 Å². The molecule has 0 aliphatic carbocycles. The number of hydrogen-bond acceptors (Lipinski definition) is 6. The molecule has 6 heteroatoms. The minimum atomic E-state index is -0.782. The second-order valence-corrected chi connectivity index (χ2v) is 24.1. The van der Waals surface area contributed by atoms with E-state index in [-0.39, 0.29) is 31.1 Å². The summed E-state index contributed by atoms with van der Waals surface area (Å²) >= 11 is 0. The lowest BCUT2D eigenvalue weighted by Gasteiger charge is -2.18. The van der Waals surface area contributed by atoms with Crippen LogP contribution in [0, 0.1) is 0 Å². The Kier molecular flexibility index (Phi) is 67.1. The molecule has 81 heavy (non-hydrogen) atoms. The van der Waals surface area contributed by atoms with Gasteiger partial charge in [0.15, 0.2) is 6.10 Å². The Hall–Kier alpha value is -2.89. The zero-order valence-corrected chi connectivity index (χ0v) is 54.3. The van der Waals surface area contributed by atoms with Gasteiger partial charge >= 0.3 is 17.9 Å². The number of rotatable bonds is 66. The van der Waals surface area contributed by atoms with Gasteiger partial charge in [-0.3, -0.25) is 14.4 Å². The van der Waals surface area contributed by atoms with Crippen LogP contribution in [-0.4, -0.2) is 37.2 Å². The van der Waals surface area contributed by atoms with Crippen LogP contribution in [0.15, 0.2) is 60.8 Å². The average Bonchev–Trinajstić information content (AvgIpc) is 3.47. The van der Waals surface area contributed by atoms with Gasteiger partial charge in [-0.05, 0) is 64.2 Å². The maximum absolute atomic E-state index is 13.0. The predicted octanol–water partition coefficient (Wildman–Crippen LogP) is 24.7. The maximum atomic E-state index is 13.0. The smallest absolute Gasteiger partial charge is 0.306 e. The summed E-state index contributed by atoms with van der Waals surface area (Å²) in [7, 11) is 0. The Morgan fingerprint density at radius 1 is 0.259 bits per heavy atom. The topological polar surface area (TPSA) is 78.9 Å². The van der Waals surface area contributed by atoms with Gasteiger partial charge in [0.1, 0.15) is 13.2 Å². The molecule has 1 unspecified atom stereocenters. The fourth-order valence-electron chi connectivity index (χ4n) is 10.7. The van der Waals surface area contributed by atoms with Gasteiger partial charge in [-0.15, -0.1) is 0 Å². The van der Waals surface area contributed by atoms with Crippen LogP contribution in [0.2, 0.25) is 0 Å². The zero-order chi connectivity index (χ0) is 58.5. The molecule has 472 valence electrons. The molecule has 1 atom stereocenters. The van der Waals surface area contributed by atoms with Crippen LogP contribution < -0.4 is 0 Å².